The minimum absolute atomic E-state index is 0.607. The Morgan fingerprint density at radius 1 is 1.57 bits per heavy atom. The van der Waals surface area contributed by atoms with Crippen LogP contribution < -0.4 is 11.1 Å². The summed E-state index contributed by atoms with van der Waals surface area (Å²) in [6.45, 7) is 1.34. The predicted molar refractivity (Wildman–Crippen MR) is 59.4 cm³/mol. The first kappa shape index (κ1) is 9.73. The van der Waals surface area contributed by atoms with Crippen LogP contribution in [0.5, 0.6) is 0 Å². The lowest BCUT2D eigenvalue weighted by Crippen LogP contribution is -2.16. The molecule has 0 aromatic carbocycles. The number of anilines is 1. The van der Waals surface area contributed by atoms with Gasteiger partial charge in [-0.15, -0.1) is 0 Å². The third-order valence-electron chi connectivity index (χ3n) is 2.12. The second-order valence-electron chi connectivity index (χ2n) is 3.18. The Bertz CT molecular complexity index is 316. The Labute approximate surface area is 87.7 Å². The molecule has 3 N–H and O–H groups in total. The van der Waals surface area contributed by atoms with Crippen molar-refractivity contribution in [3.8, 4) is 0 Å². The van der Waals surface area contributed by atoms with Crippen LogP contribution in [0.25, 0.3) is 0 Å². The third-order valence-corrected chi connectivity index (χ3v) is 3.13. The molecule has 0 saturated carbocycles. The van der Waals surface area contributed by atoms with Crippen molar-refractivity contribution in [2.75, 3.05) is 24.2 Å². The van der Waals surface area contributed by atoms with Gasteiger partial charge < -0.3 is 11.1 Å². The highest BCUT2D eigenvalue weighted by Crippen LogP contribution is 2.22. The summed E-state index contributed by atoms with van der Waals surface area (Å²) in [6, 6.07) is 0. The van der Waals surface area contributed by atoms with E-state index in [1.54, 1.807) is 0 Å². The third kappa shape index (κ3) is 2.16. The van der Waals surface area contributed by atoms with E-state index in [1.807, 2.05) is 18.0 Å². The van der Waals surface area contributed by atoms with Crippen LogP contribution in [-0.4, -0.2) is 28.8 Å². The molecule has 0 radical (unpaired) electrons. The molecule has 2 heterocycles. The number of rotatable bonds is 3. The van der Waals surface area contributed by atoms with Gasteiger partial charge in [0.05, 0.1) is 5.69 Å². The van der Waals surface area contributed by atoms with Crippen LogP contribution in [0.2, 0.25) is 0 Å². The summed E-state index contributed by atoms with van der Waals surface area (Å²) in [5.74, 6) is 2.92. The second-order valence-corrected chi connectivity index (χ2v) is 4.29. The molecule has 14 heavy (non-hydrogen) atoms. The molecule has 0 fully saturated rings. The number of aryl methyl sites for hydroxylation is 1. The SMILES string of the molecule is NCCNc1ncc2c(n1)CCSC2. The minimum atomic E-state index is 0.607. The Kier molecular flexibility index (Phi) is 3.21. The maximum absolute atomic E-state index is 5.39. The highest BCUT2D eigenvalue weighted by atomic mass is 32.2. The number of nitrogens with zero attached hydrogens (tertiary/aromatic N) is 2. The van der Waals surface area contributed by atoms with Crippen molar-refractivity contribution in [3.63, 3.8) is 0 Å². The molecule has 1 aliphatic heterocycles. The number of thioether (sulfide) groups is 1. The normalized spacial score (nSPS) is 14.9. The fourth-order valence-corrected chi connectivity index (χ4v) is 2.34. The molecule has 1 aromatic heterocycles. The van der Waals surface area contributed by atoms with Crippen LogP contribution in [-0.2, 0) is 12.2 Å². The summed E-state index contributed by atoms with van der Waals surface area (Å²) >= 11 is 1.94. The summed E-state index contributed by atoms with van der Waals surface area (Å²) in [5.41, 5.74) is 7.86. The summed E-state index contributed by atoms with van der Waals surface area (Å²) in [4.78, 5) is 8.70. The van der Waals surface area contributed by atoms with E-state index in [0.29, 0.717) is 12.5 Å². The Morgan fingerprint density at radius 2 is 2.50 bits per heavy atom. The number of hydrogen-bond donors (Lipinski definition) is 2. The molecule has 0 spiro atoms. The molecular weight excluding hydrogens is 196 g/mol. The lowest BCUT2D eigenvalue weighted by molar-refractivity contribution is 0.929. The van der Waals surface area contributed by atoms with Crippen molar-refractivity contribution in [2.24, 2.45) is 5.73 Å². The van der Waals surface area contributed by atoms with Crippen LogP contribution in [0.15, 0.2) is 6.20 Å². The monoisotopic (exact) mass is 210 g/mol. The average Bonchev–Trinajstić information content (AvgIpc) is 2.26. The average molecular weight is 210 g/mol. The smallest absolute Gasteiger partial charge is 0.222 e. The van der Waals surface area contributed by atoms with Gasteiger partial charge in [0.25, 0.3) is 0 Å². The molecule has 5 heteroatoms. The molecule has 0 aliphatic carbocycles. The van der Waals surface area contributed by atoms with E-state index < -0.39 is 0 Å². The molecule has 4 nitrogen and oxygen atoms in total. The Balaban J connectivity index is 2.12. The first-order chi connectivity index (χ1) is 6.90. The topological polar surface area (TPSA) is 63.8 Å². The zero-order valence-corrected chi connectivity index (χ0v) is 8.81. The number of fused-ring (bicyclic) bond motifs is 1. The fourth-order valence-electron chi connectivity index (χ4n) is 1.40. The number of hydrogen-bond acceptors (Lipinski definition) is 5. The Morgan fingerprint density at radius 3 is 3.36 bits per heavy atom. The van der Waals surface area contributed by atoms with E-state index in [0.717, 1.165) is 18.7 Å². The maximum atomic E-state index is 5.39. The van der Waals surface area contributed by atoms with Gasteiger partial charge in [-0.05, 0) is 12.2 Å². The van der Waals surface area contributed by atoms with Gasteiger partial charge in [-0.2, -0.15) is 11.8 Å². The predicted octanol–water partition coefficient (Wildman–Crippen LogP) is 0.636. The van der Waals surface area contributed by atoms with Crippen molar-refractivity contribution in [1.82, 2.24) is 9.97 Å². The van der Waals surface area contributed by atoms with E-state index in [4.69, 9.17) is 5.73 Å². The molecule has 1 aromatic rings. The van der Waals surface area contributed by atoms with Crippen molar-refractivity contribution >= 4 is 17.7 Å². The zero-order chi connectivity index (χ0) is 9.80. The van der Waals surface area contributed by atoms with Crippen molar-refractivity contribution < 1.29 is 0 Å². The van der Waals surface area contributed by atoms with E-state index in [1.165, 1.54) is 17.0 Å². The lowest BCUT2D eigenvalue weighted by Gasteiger charge is -2.14. The standard InChI is InChI=1S/C9H14N4S/c10-2-3-11-9-12-5-7-6-14-4-1-8(7)13-9/h5H,1-4,6,10H2,(H,11,12,13). The van der Waals surface area contributed by atoms with E-state index in [2.05, 4.69) is 15.3 Å². The van der Waals surface area contributed by atoms with Crippen LogP contribution in [0, 0.1) is 0 Å². The molecular formula is C9H14N4S. The largest absolute Gasteiger partial charge is 0.353 e. The summed E-state index contributed by atoms with van der Waals surface area (Å²) in [5, 5.41) is 3.09. The van der Waals surface area contributed by atoms with Gasteiger partial charge in [0.2, 0.25) is 5.95 Å². The van der Waals surface area contributed by atoms with Gasteiger partial charge in [0.1, 0.15) is 0 Å². The van der Waals surface area contributed by atoms with Crippen molar-refractivity contribution in [2.45, 2.75) is 12.2 Å². The highest BCUT2D eigenvalue weighted by Gasteiger charge is 2.11. The van der Waals surface area contributed by atoms with Crippen LogP contribution >= 0.6 is 11.8 Å². The van der Waals surface area contributed by atoms with Crippen LogP contribution in [0.1, 0.15) is 11.3 Å². The molecule has 1 aliphatic rings. The lowest BCUT2D eigenvalue weighted by atomic mass is 10.2. The summed E-state index contributed by atoms with van der Waals surface area (Å²) in [7, 11) is 0. The molecule has 2 rings (SSSR count). The van der Waals surface area contributed by atoms with E-state index in [9.17, 15) is 0 Å². The van der Waals surface area contributed by atoms with Gasteiger partial charge in [-0.3, -0.25) is 0 Å². The van der Waals surface area contributed by atoms with Crippen molar-refractivity contribution in [3.05, 3.63) is 17.5 Å². The minimum Gasteiger partial charge on any atom is -0.353 e. The first-order valence-corrected chi connectivity index (χ1v) is 5.92. The molecule has 76 valence electrons. The molecule has 0 atom stereocenters. The van der Waals surface area contributed by atoms with Crippen LogP contribution in [0.3, 0.4) is 0 Å². The number of nitrogens with one attached hydrogen (secondary N) is 1. The van der Waals surface area contributed by atoms with E-state index >= 15 is 0 Å². The van der Waals surface area contributed by atoms with Gasteiger partial charge in [-0.25, -0.2) is 9.97 Å². The van der Waals surface area contributed by atoms with Crippen molar-refractivity contribution in [1.29, 1.82) is 0 Å². The molecule has 0 saturated heterocycles. The Hall–Kier alpha value is -0.810. The molecule has 0 bridgehead atoms. The summed E-state index contributed by atoms with van der Waals surface area (Å²) < 4.78 is 0. The van der Waals surface area contributed by atoms with Crippen LogP contribution in [0.4, 0.5) is 5.95 Å². The first-order valence-electron chi connectivity index (χ1n) is 4.76. The fraction of sp³-hybridized carbons (Fsp3) is 0.556. The maximum Gasteiger partial charge on any atom is 0.222 e. The zero-order valence-electron chi connectivity index (χ0n) is 7.99. The highest BCUT2D eigenvalue weighted by molar-refractivity contribution is 7.98. The van der Waals surface area contributed by atoms with Gasteiger partial charge >= 0.3 is 0 Å². The summed E-state index contributed by atoms with van der Waals surface area (Å²) in [6.07, 6.45) is 2.98. The van der Waals surface area contributed by atoms with Gasteiger partial charge in [0, 0.05) is 30.6 Å². The second kappa shape index (κ2) is 4.61. The molecule has 0 amide bonds. The number of nitrogens with two attached hydrogens (primary N) is 1. The van der Waals surface area contributed by atoms with Gasteiger partial charge in [0.15, 0.2) is 0 Å². The quantitative estimate of drug-likeness (QED) is 0.766. The van der Waals surface area contributed by atoms with Gasteiger partial charge in [-0.1, -0.05) is 0 Å². The number of aromatic nitrogens is 2. The molecule has 0 unspecified atom stereocenters. The van der Waals surface area contributed by atoms with E-state index in [-0.39, 0.29) is 0 Å².